The first-order chi connectivity index (χ1) is 8.67. The summed E-state index contributed by atoms with van der Waals surface area (Å²) in [4.78, 5) is 2.13. The number of aliphatic hydroxyl groups is 1. The fourth-order valence-electron chi connectivity index (χ4n) is 1.83. The maximum Gasteiger partial charge on any atom is 0.123 e. The minimum atomic E-state index is 0.228. The van der Waals surface area contributed by atoms with Gasteiger partial charge < -0.3 is 20.1 Å². The molecule has 0 bridgehead atoms. The van der Waals surface area contributed by atoms with Crippen molar-refractivity contribution >= 4 is 0 Å². The fraction of sp³-hybridized carbons (Fsp3) is 0.571. The highest BCUT2D eigenvalue weighted by atomic mass is 16.5. The highest BCUT2D eigenvalue weighted by molar-refractivity contribution is 5.37. The monoisotopic (exact) mass is 252 g/mol. The number of rotatable bonds is 8. The summed E-state index contributed by atoms with van der Waals surface area (Å²) in [5, 5.41) is 12.0. The fourth-order valence-corrected chi connectivity index (χ4v) is 1.83. The number of nitrogens with one attached hydrogen (secondary N) is 1. The van der Waals surface area contributed by atoms with Gasteiger partial charge in [0.25, 0.3) is 0 Å². The summed E-state index contributed by atoms with van der Waals surface area (Å²) in [6.45, 7) is 2.73. The second-order valence-corrected chi connectivity index (χ2v) is 4.64. The van der Waals surface area contributed by atoms with Crippen molar-refractivity contribution in [2.24, 2.45) is 0 Å². The predicted molar refractivity (Wildman–Crippen MR) is 73.8 cm³/mol. The van der Waals surface area contributed by atoms with Crippen LogP contribution in [0.4, 0.5) is 0 Å². The van der Waals surface area contributed by atoms with Gasteiger partial charge in [0, 0.05) is 25.3 Å². The predicted octanol–water partition coefficient (Wildman–Crippen LogP) is 1.23. The van der Waals surface area contributed by atoms with Crippen molar-refractivity contribution < 1.29 is 9.84 Å². The summed E-state index contributed by atoms with van der Waals surface area (Å²) in [6, 6.07) is 6.32. The molecule has 0 aliphatic rings. The van der Waals surface area contributed by atoms with Crippen molar-refractivity contribution in [2.45, 2.75) is 19.5 Å². The number of nitrogens with zero attached hydrogens (tertiary/aromatic N) is 1. The van der Waals surface area contributed by atoms with Crippen LogP contribution in [-0.4, -0.2) is 44.4 Å². The Bertz CT molecular complexity index is 354. The molecular weight excluding hydrogens is 228 g/mol. The van der Waals surface area contributed by atoms with E-state index in [1.54, 1.807) is 7.11 Å². The maximum absolute atomic E-state index is 8.72. The van der Waals surface area contributed by atoms with Crippen molar-refractivity contribution in [3.05, 3.63) is 29.3 Å². The summed E-state index contributed by atoms with van der Waals surface area (Å²) < 4.78 is 5.42. The van der Waals surface area contributed by atoms with E-state index in [9.17, 15) is 0 Å². The van der Waals surface area contributed by atoms with Crippen molar-refractivity contribution in [2.75, 3.05) is 34.4 Å². The van der Waals surface area contributed by atoms with Crippen molar-refractivity contribution in [1.82, 2.24) is 10.2 Å². The SMILES string of the molecule is COc1cc(CN(C)C)ccc1CNCCCO. The smallest absolute Gasteiger partial charge is 0.123 e. The van der Waals surface area contributed by atoms with Crippen LogP contribution in [-0.2, 0) is 13.1 Å². The summed E-state index contributed by atoms with van der Waals surface area (Å²) >= 11 is 0. The number of hydrogen-bond donors (Lipinski definition) is 2. The summed E-state index contributed by atoms with van der Waals surface area (Å²) in [5.74, 6) is 0.922. The average Bonchev–Trinajstić information content (AvgIpc) is 2.35. The van der Waals surface area contributed by atoms with Crippen LogP contribution in [0.1, 0.15) is 17.5 Å². The van der Waals surface area contributed by atoms with E-state index >= 15 is 0 Å². The van der Waals surface area contributed by atoms with Gasteiger partial charge in [-0.2, -0.15) is 0 Å². The molecule has 0 fully saturated rings. The second-order valence-electron chi connectivity index (χ2n) is 4.64. The zero-order valence-corrected chi connectivity index (χ0v) is 11.6. The van der Waals surface area contributed by atoms with Crippen LogP contribution in [0.3, 0.4) is 0 Å². The van der Waals surface area contributed by atoms with Crippen LogP contribution in [0.2, 0.25) is 0 Å². The molecule has 0 heterocycles. The summed E-state index contributed by atoms with van der Waals surface area (Å²) in [7, 11) is 5.81. The minimum absolute atomic E-state index is 0.228. The van der Waals surface area contributed by atoms with E-state index in [4.69, 9.17) is 9.84 Å². The third-order valence-electron chi connectivity index (χ3n) is 2.68. The standard InChI is InChI=1S/C14H24N2O2/c1-16(2)11-12-5-6-13(14(9-12)18-3)10-15-7-4-8-17/h5-6,9,15,17H,4,7-8,10-11H2,1-3H3. The number of aliphatic hydroxyl groups excluding tert-OH is 1. The Morgan fingerprint density at radius 1 is 1.33 bits per heavy atom. The van der Waals surface area contributed by atoms with Crippen LogP contribution >= 0.6 is 0 Å². The van der Waals surface area contributed by atoms with Gasteiger partial charge in [0.15, 0.2) is 0 Å². The Labute approximate surface area is 110 Å². The summed E-state index contributed by atoms with van der Waals surface area (Å²) in [5.41, 5.74) is 2.40. The molecule has 0 atom stereocenters. The van der Waals surface area contributed by atoms with Gasteiger partial charge >= 0.3 is 0 Å². The van der Waals surface area contributed by atoms with E-state index in [0.29, 0.717) is 0 Å². The molecule has 4 nitrogen and oxygen atoms in total. The molecule has 4 heteroatoms. The summed E-state index contributed by atoms with van der Waals surface area (Å²) in [6.07, 6.45) is 0.779. The van der Waals surface area contributed by atoms with Gasteiger partial charge in [-0.05, 0) is 38.7 Å². The van der Waals surface area contributed by atoms with E-state index in [1.165, 1.54) is 5.56 Å². The largest absolute Gasteiger partial charge is 0.496 e. The molecule has 1 aromatic rings. The lowest BCUT2D eigenvalue weighted by Gasteiger charge is -2.14. The highest BCUT2D eigenvalue weighted by Crippen LogP contribution is 2.20. The van der Waals surface area contributed by atoms with Gasteiger partial charge in [0.05, 0.1) is 7.11 Å². The van der Waals surface area contributed by atoms with E-state index in [0.717, 1.165) is 37.4 Å². The van der Waals surface area contributed by atoms with Crippen LogP contribution in [0, 0.1) is 0 Å². The van der Waals surface area contributed by atoms with Gasteiger partial charge in [0.1, 0.15) is 5.75 Å². The Morgan fingerprint density at radius 2 is 2.11 bits per heavy atom. The zero-order valence-electron chi connectivity index (χ0n) is 11.6. The minimum Gasteiger partial charge on any atom is -0.496 e. The second kappa shape index (κ2) is 8.08. The van der Waals surface area contributed by atoms with Gasteiger partial charge in [-0.3, -0.25) is 0 Å². The lowest BCUT2D eigenvalue weighted by Crippen LogP contribution is -2.16. The number of hydrogen-bond acceptors (Lipinski definition) is 4. The van der Waals surface area contributed by atoms with Gasteiger partial charge in [0.2, 0.25) is 0 Å². The molecule has 18 heavy (non-hydrogen) atoms. The van der Waals surface area contributed by atoms with Crippen LogP contribution < -0.4 is 10.1 Å². The molecule has 2 N–H and O–H groups in total. The van der Waals surface area contributed by atoms with Crippen LogP contribution in [0.15, 0.2) is 18.2 Å². The molecular formula is C14H24N2O2. The topological polar surface area (TPSA) is 44.7 Å². The Kier molecular flexibility index (Phi) is 6.72. The van der Waals surface area contributed by atoms with Gasteiger partial charge in [-0.1, -0.05) is 12.1 Å². The third-order valence-corrected chi connectivity index (χ3v) is 2.68. The van der Waals surface area contributed by atoms with E-state index in [-0.39, 0.29) is 6.61 Å². The lowest BCUT2D eigenvalue weighted by molar-refractivity contribution is 0.286. The average molecular weight is 252 g/mol. The molecule has 1 aromatic carbocycles. The first-order valence-electron chi connectivity index (χ1n) is 6.29. The molecule has 0 unspecified atom stereocenters. The van der Waals surface area contributed by atoms with Crippen molar-refractivity contribution in [1.29, 1.82) is 0 Å². The van der Waals surface area contributed by atoms with Gasteiger partial charge in [-0.15, -0.1) is 0 Å². The lowest BCUT2D eigenvalue weighted by atomic mass is 10.1. The first kappa shape index (κ1) is 15.0. The van der Waals surface area contributed by atoms with E-state index in [1.807, 2.05) is 0 Å². The zero-order chi connectivity index (χ0) is 13.4. The Hall–Kier alpha value is -1.10. The van der Waals surface area contributed by atoms with E-state index in [2.05, 4.69) is 42.5 Å². The number of methoxy groups -OCH3 is 1. The molecule has 0 spiro atoms. The molecule has 0 amide bonds. The Morgan fingerprint density at radius 3 is 2.72 bits per heavy atom. The molecule has 0 radical (unpaired) electrons. The van der Waals surface area contributed by atoms with Crippen molar-refractivity contribution in [3.8, 4) is 5.75 Å². The van der Waals surface area contributed by atoms with Gasteiger partial charge in [-0.25, -0.2) is 0 Å². The molecule has 0 aliphatic carbocycles. The van der Waals surface area contributed by atoms with Crippen molar-refractivity contribution in [3.63, 3.8) is 0 Å². The third kappa shape index (κ3) is 5.04. The quantitative estimate of drug-likeness (QED) is 0.683. The number of benzene rings is 1. The molecule has 102 valence electrons. The first-order valence-corrected chi connectivity index (χ1v) is 6.29. The van der Waals surface area contributed by atoms with Crippen LogP contribution in [0.25, 0.3) is 0 Å². The van der Waals surface area contributed by atoms with E-state index < -0.39 is 0 Å². The molecule has 0 aliphatic heterocycles. The molecule has 0 saturated carbocycles. The highest BCUT2D eigenvalue weighted by Gasteiger charge is 2.04. The molecule has 0 aromatic heterocycles. The number of ether oxygens (including phenoxy) is 1. The normalized spacial score (nSPS) is 10.9. The molecule has 1 rings (SSSR count). The Balaban J connectivity index is 2.62. The maximum atomic E-state index is 8.72. The molecule has 0 saturated heterocycles. The van der Waals surface area contributed by atoms with Crippen LogP contribution in [0.5, 0.6) is 5.75 Å².